The van der Waals surface area contributed by atoms with Crippen LogP contribution in [0.15, 0.2) is 53.8 Å². The standard InChI is InChI=1S/C18H19N3O3/c22-17(9-20-23)16-6-7-18(19-8-16)24-13-15-11-21(12-15)10-14-4-2-1-3-5-14/h1-9,15,23H,10-13H2. The predicted molar refractivity (Wildman–Crippen MR) is 89.6 cm³/mol. The van der Waals surface area contributed by atoms with Crippen LogP contribution in [0.2, 0.25) is 0 Å². The van der Waals surface area contributed by atoms with Crippen molar-refractivity contribution in [3.05, 3.63) is 59.8 Å². The molecule has 0 bridgehead atoms. The molecule has 1 aliphatic rings. The van der Waals surface area contributed by atoms with Crippen LogP contribution in [0, 0.1) is 5.92 Å². The Balaban J connectivity index is 1.40. The summed E-state index contributed by atoms with van der Waals surface area (Å²) in [5.41, 5.74) is 1.68. The number of pyridine rings is 1. The van der Waals surface area contributed by atoms with Gasteiger partial charge in [-0.1, -0.05) is 35.5 Å². The van der Waals surface area contributed by atoms with Crippen LogP contribution >= 0.6 is 0 Å². The van der Waals surface area contributed by atoms with Crippen molar-refractivity contribution >= 4 is 12.0 Å². The number of oxime groups is 1. The van der Waals surface area contributed by atoms with Crippen LogP contribution in [0.25, 0.3) is 0 Å². The van der Waals surface area contributed by atoms with Gasteiger partial charge in [0.1, 0.15) is 6.21 Å². The first kappa shape index (κ1) is 16.1. The molecule has 0 unspecified atom stereocenters. The first-order valence-electron chi connectivity index (χ1n) is 7.81. The highest BCUT2D eigenvalue weighted by Crippen LogP contribution is 2.19. The molecule has 6 heteroatoms. The van der Waals surface area contributed by atoms with E-state index >= 15 is 0 Å². The summed E-state index contributed by atoms with van der Waals surface area (Å²) in [6.07, 6.45) is 2.26. The SMILES string of the molecule is O=C(C=NO)c1ccc(OCC2CN(Cc3ccccc3)C2)nc1. The second-order valence-corrected chi connectivity index (χ2v) is 5.85. The van der Waals surface area contributed by atoms with Gasteiger partial charge in [0.05, 0.1) is 6.61 Å². The van der Waals surface area contributed by atoms with Crippen molar-refractivity contribution in [2.75, 3.05) is 19.7 Å². The monoisotopic (exact) mass is 325 g/mol. The Kier molecular flexibility index (Phi) is 5.18. The Hall–Kier alpha value is -2.73. The van der Waals surface area contributed by atoms with E-state index < -0.39 is 5.78 Å². The number of carbonyl (C=O) groups is 1. The number of hydrogen-bond acceptors (Lipinski definition) is 6. The molecule has 2 aromatic rings. The predicted octanol–water partition coefficient (Wildman–Crippen LogP) is 2.24. The third-order valence-electron chi connectivity index (χ3n) is 3.94. The summed E-state index contributed by atoms with van der Waals surface area (Å²) in [4.78, 5) is 17.9. The van der Waals surface area contributed by atoms with Gasteiger partial charge in [-0.3, -0.25) is 9.69 Å². The van der Waals surface area contributed by atoms with Gasteiger partial charge < -0.3 is 9.94 Å². The number of carbonyl (C=O) groups excluding carboxylic acids is 1. The molecule has 0 amide bonds. The fourth-order valence-corrected chi connectivity index (χ4v) is 2.69. The molecule has 6 nitrogen and oxygen atoms in total. The third kappa shape index (κ3) is 4.17. The molecular weight excluding hydrogens is 306 g/mol. The summed E-state index contributed by atoms with van der Waals surface area (Å²) in [6.45, 7) is 3.61. The van der Waals surface area contributed by atoms with Crippen LogP contribution in [-0.2, 0) is 6.54 Å². The Morgan fingerprint density at radius 3 is 2.75 bits per heavy atom. The van der Waals surface area contributed by atoms with E-state index in [2.05, 4.69) is 39.3 Å². The van der Waals surface area contributed by atoms with Gasteiger partial charge >= 0.3 is 0 Å². The Labute approximate surface area is 140 Å². The van der Waals surface area contributed by atoms with Gasteiger partial charge in [-0.25, -0.2) is 4.98 Å². The molecule has 0 radical (unpaired) electrons. The van der Waals surface area contributed by atoms with Gasteiger partial charge in [0.25, 0.3) is 0 Å². The molecule has 124 valence electrons. The molecule has 1 fully saturated rings. The number of likely N-dealkylation sites (tertiary alicyclic amines) is 1. The number of Topliss-reactive ketones (excluding diaryl/α,β-unsaturated/α-hetero) is 1. The maximum atomic E-state index is 11.5. The Morgan fingerprint density at radius 2 is 2.08 bits per heavy atom. The molecule has 24 heavy (non-hydrogen) atoms. The molecule has 2 heterocycles. The maximum absolute atomic E-state index is 11.5. The zero-order chi connectivity index (χ0) is 16.8. The zero-order valence-corrected chi connectivity index (χ0v) is 13.2. The lowest BCUT2D eigenvalue weighted by atomic mass is 10.0. The summed E-state index contributed by atoms with van der Waals surface area (Å²) >= 11 is 0. The highest BCUT2D eigenvalue weighted by Gasteiger charge is 2.27. The lowest BCUT2D eigenvalue weighted by Crippen LogP contribution is -2.48. The molecule has 1 aromatic heterocycles. The fourth-order valence-electron chi connectivity index (χ4n) is 2.69. The summed E-state index contributed by atoms with van der Waals surface area (Å²) in [5, 5.41) is 11.1. The lowest BCUT2D eigenvalue weighted by Gasteiger charge is -2.38. The van der Waals surface area contributed by atoms with Crippen LogP contribution in [-0.4, -0.2) is 46.8 Å². The highest BCUT2D eigenvalue weighted by molar-refractivity contribution is 6.35. The fraction of sp³-hybridized carbons (Fsp3) is 0.278. The van der Waals surface area contributed by atoms with Gasteiger partial charge in [0.2, 0.25) is 11.7 Å². The Morgan fingerprint density at radius 1 is 1.29 bits per heavy atom. The number of rotatable bonds is 7. The molecule has 1 aromatic carbocycles. The van der Waals surface area contributed by atoms with E-state index in [0.29, 0.717) is 24.0 Å². The van der Waals surface area contributed by atoms with Crippen LogP contribution < -0.4 is 4.74 Å². The first-order valence-corrected chi connectivity index (χ1v) is 7.81. The molecule has 0 saturated carbocycles. The molecule has 0 atom stereocenters. The second-order valence-electron chi connectivity index (χ2n) is 5.85. The van der Waals surface area contributed by atoms with Gasteiger partial charge in [-0.05, 0) is 11.6 Å². The first-order chi connectivity index (χ1) is 11.7. The van der Waals surface area contributed by atoms with E-state index in [1.54, 1.807) is 12.1 Å². The van der Waals surface area contributed by atoms with Crippen molar-refractivity contribution in [1.82, 2.24) is 9.88 Å². The summed E-state index contributed by atoms with van der Waals surface area (Å²) in [5.74, 6) is 0.597. The number of nitrogens with zero attached hydrogens (tertiary/aromatic N) is 3. The molecule has 1 aliphatic heterocycles. The lowest BCUT2D eigenvalue weighted by molar-refractivity contribution is 0.0544. The molecular formula is C18H19N3O3. The van der Waals surface area contributed by atoms with Gasteiger partial charge in [-0.15, -0.1) is 0 Å². The van der Waals surface area contributed by atoms with Crippen molar-refractivity contribution in [3.63, 3.8) is 0 Å². The minimum Gasteiger partial charge on any atom is -0.477 e. The van der Waals surface area contributed by atoms with Gasteiger partial charge in [-0.2, -0.15) is 0 Å². The number of ether oxygens (including phenoxy) is 1. The smallest absolute Gasteiger partial charge is 0.213 e. The maximum Gasteiger partial charge on any atom is 0.213 e. The largest absolute Gasteiger partial charge is 0.477 e. The van der Waals surface area contributed by atoms with Gasteiger partial charge in [0.15, 0.2) is 0 Å². The molecule has 3 rings (SSSR count). The average molecular weight is 325 g/mol. The number of benzene rings is 1. The third-order valence-corrected chi connectivity index (χ3v) is 3.94. The normalized spacial score (nSPS) is 15.3. The highest BCUT2D eigenvalue weighted by atomic mass is 16.5. The van der Waals surface area contributed by atoms with E-state index in [-0.39, 0.29) is 0 Å². The Bertz CT molecular complexity index is 695. The molecule has 1 saturated heterocycles. The summed E-state index contributed by atoms with van der Waals surface area (Å²) in [7, 11) is 0. The van der Waals surface area contributed by atoms with E-state index in [1.165, 1.54) is 11.8 Å². The molecule has 1 N–H and O–H groups in total. The van der Waals surface area contributed by atoms with Crippen molar-refractivity contribution < 1.29 is 14.7 Å². The summed E-state index contributed by atoms with van der Waals surface area (Å²) < 4.78 is 5.67. The number of hydrogen-bond donors (Lipinski definition) is 1. The van der Waals surface area contributed by atoms with E-state index in [1.807, 2.05) is 6.07 Å². The quantitative estimate of drug-likeness (QED) is 0.366. The summed E-state index contributed by atoms with van der Waals surface area (Å²) in [6, 6.07) is 13.7. The topological polar surface area (TPSA) is 75.0 Å². The van der Waals surface area contributed by atoms with Crippen molar-refractivity contribution in [3.8, 4) is 5.88 Å². The molecule has 0 spiro atoms. The number of ketones is 1. The van der Waals surface area contributed by atoms with Crippen LogP contribution in [0.5, 0.6) is 5.88 Å². The average Bonchev–Trinajstić information content (AvgIpc) is 2.58. The van der Waals surface area contributed by atoms with Gasteiger partial charge in [0, 0.05) is 43.4 Å². The van der Waals surface area contributed by atoms with Crippen LogP contribution in [0.3, 0.4) is 0 Å². The number of aromatic nitrogens is 1. The minimum absolute atomic E-state index is 0.359. The molecule has 0 aliphatic carbocycles. The van der Waals surface area contributed by atoms with Crippen molar-refractivity contribution in [1.29, 1.82) is 0 Å². The van der Waals surface area contributed by atoms with E-state index in [4.69, 9.17) is 9.94 Å². The van der Waals surface area contributed by atoms with E-state index in [0.717, 1.165) is 25.8 Å². The minimum atomic E-state index is -0.396. The van der Waals surface area contributed by atoms with Crippen molar-refractivity contribution in [2.45, 2.75) is 6.54 Å². The van der Waals surface area contributed by atoms with Crippen LogP contribution in [0.1, 0.15) is 15.9 Å². The second kappa shape index (κ2) is 7.70. The zero-order valence-electron chi connectivity index (χ0n) is 13.2. The van der Waals surface area contributed by atoms with Crippen LogP contribution in [0.4, 0.5) is 0 Å². The van der Waals surface area contributed by atoms with Crippen molar-refractivity contribution in [2.24, 2.45) is 11.1 Å². The van der Waals surface area contributed by atoms with E-state index in [9.17, 15) is 4.79 Å².